The molecule has 0 aromatic heterocycles. The second-order valence-electron chi connectivity index (χ2n) is 6.41. The van der Waals surface area contributed by atoms with Crippen molar-refractivity contribution in [3.05, 3.63) is 35.0 Å². The van der Waals surface area contributed by atoms with Crippen LogP contribution >= 0.6 is 0 Å². The number of methoxy groups -OCH3 is 4. The van der Waals surface area contributed by atoms with Gasteiger partial charge < -0.3 is 23.8 Å². The third-order valence-electron chi connectivity index (χ3n) is 4.47. The van der Waals surface area contributed by atoms with E-state index in [0.717, 1.165) is 0 Å². The lowest BCUT2D eigenvalue weighted by molar-refractivity contribution is -0.142. The molecule has 1 amide bonds. The maximum atomic E-state index is 13.0. The molecule has 0 spiro atoms. The second kappa shape index (κ2) is 7.69. The highest BCUT2D eigenvalue weighted by Crippen LogP contribution is 2.42. The van der Waals surface area contributed by atoms with E-state index in [0.29, 0.717) is 17.1 Å². The third kappa shape index (κ3) is 3.47. The monoisotopic (exact) mass is 377 g/mol. The maximum absolute atomic E-state index is 13.0. The van der Waals surface area contributed by atoms with E-state index in [-0.39, 0.29) is 17.8 Å². The number of nitrogens with zero attached hydrogens (tertiary/aromatic N) is 1. The number of carbonyl (C=O) groups is 3. The molecule has 1 aromatic carbocycles. The molecule has 0 saturated carbocycles. The van der Waals surface area contributed by atoms with Crippen LogP contribution < -0.4 is 9.47 Å². The van der Waals surface area contributed by atoms with Gasteiger partial charge in [-0.05, 0) is 31.5 Å². The minimum absolute atomic E-state index is 0.0256. The minimum atomic E-state index is -1.23. The number of hydrogen-bond donors (Lipinski definition) is 0. The van der Waals surface area contributed by atoms with Gasteiger partial charge in [0.25, 0.3) is 0 Å². The largest absolute Gasteiger partial charge is 0.493 e. The average Bonchev–Trinajstić information content (AvgIpc) is 2.87. The summed E-state index contributed by atoms with van der Waals surface area (Å²) in [5.41, 5.74) is -0.687. The fourth-order valence-electron chi connectivity index (χ4n) is 3.05. The average molecular weight is 377 g/mol. The summed E-state index contributed by atoms with van der Waals surface area (Å²) in [4.78, 5) is 38.9. The van der Waals surface area contributed by atoms with E-state index >= 15 is 0 Å². The van der Waals surface area contributed by atoms with Crippen molar-refractivity contribution < 1.29 is 33.3 Å². The molecule has 0 saturated heterocycles. The Balaban J connectivity index is 2.54. The van der Waals surface area contributed by atoms with Crippen LogP contribution in [0.4, 0.5) is 0 Å². The predicted octanol–water partition coefficient (Wildman–Crippen LogP) is 1.67. The molecule has 1 aliphatic rings. The van der Waals surface area contributed by atoms with E-state index < -0.39 is 23.3 Å². The van der Waals surface area contributed by atoms with Gasteiger partial charge in [0, 0.05) is 0 Å². The zero-order valence-corrected chi connectivity index (χ0v) is 16.2. The first-order valence-corrected chi connectivity index (χ1v) is 8.17. The number of rotatable bonds is 6. The van der Waals surface area contributed by atoms with Crippen molar-refractivity contribution >= 4 is 17.8 Å². The second-order valence-corrected chi connectivity index (χ2v) is 6.41. The summed E-state index contributed by atoms with van der Waals surface area (Å²) in [6, 6.07) is 5.14. The summed E-state index contributed by atoms with van der Waals surface area (Å²) in [7, 11) is 5.40. The molecule has 27 heavy (non-hydrogen) atoms. The molecule has 0 N–H and O–H groups in total. The molecule has 0 unspecified atom stereocenters. The van der Waals surface area contributed by atoms with Gasteiger partial charge in [-0.3, -0.25) is 4.79 Å². The van der Waals surface area contributed by atoms with Crippen molar-refractivity contribution in [2.45, 2.75) is 20.4 Å². The summed E-state index contributed by atoms with van der Waals surface area (Å²) in [5.74, 6) is -0.914. The maximum Gasteiger partial charge on any atom is 0.355 e. The number of carbonyl (C=O) groups excluding carboxylic acids is 3. The fraction of sp³-hybridized carbons (Fsp3) is 0.421. The van der Waals surface area contributed by atoms with Crippen molar-refractivity contribution in [3.63, 3.8) is 0 Å². The Morgan fingerprint density at radius 2 is 1.56 bits per heavy atom. The van der Waals surface area contributed by atoms with E-state index in [9.17, 15) is 14.4 Å². The third-order valence-corrected chi connectivity index (χ3v) is 4.47. The van der Waals surface area contributed by atoms with Gasteiger partial charge in [0.15, 0.2) is 11.5 Å². The van der Waals surface area contributed by atoms with Crippen LogP contribution in [0.1, 0.15) is 19.4 Å². The van der Waals surface area contributed by atoms with Crippen LogP contribution in [0.5, 0.6) is 11.5 Å². The molecule has 2 rings (SSSR count). The molecule has 1 heterocycles. The molecule has 8 heteroatoms. The van der Waals surface area contributed by atoms with Crippen molar-refractivity contribution in [2.75, 3.05) is 28.4 Å². The topological polar surface area (TPSA) is 91.4 Å². The first-order chi connectivity index (χ1) is 12.7. The van der Waals surface area contributed by atoms with Crippen LogP contribution in [-0.2, 0) is 30.4 Å². The van der Waals surface area contributed by atoms with Crippen LogP contribution in [0, 0.1) is 5.41 Å². The van der Waals surface area contributed by atoms with Crippen molar-refractivity contribution in [1.29, 1.82) is 0 Å². The van der Waals surface area contributed by atoms with E-state index in [2.05, 4.69) is 0 Å². The molecule has 0 aliphatic carbocycles. The number of hydrogen-bond acceptors (Lipinski definition) is 7. The van der Waals surface area contributed by atoms with E-state index in [1.54, 1.807) is 32.0 Å². The van der Waals surface area contributed by atoms with Gasteiger partial charge in [0.2, 0.25) is 5.91 Å². The predicted molar refractivity (Wildman–Crippen MR) is 94.9 cm³/mol. The van der Waals surface area contributed by atoms with Gasteiger partial charge in [-0.25, -0.2) is 9.59 Å². The smallest absolute Gasteiger partial charge is 0.355 e. The SMILES string of the molecule is COC(=O)C1=C(C(=O)OC)C(C)(C)C(=O)N1Cc1ccc(OC)c(OC)c1. The Labute approximate surface area is 157 Å². The highest BCUT2D eigenvalue weighted by atomic mass is 16.5. The minimum Gasteiger partial charge on any atom is -0.493 e. The Kier molecular flexibility index (Phi) is 5.78. The number of benzene rings is 1. The summed E-state index contributed by atoms with van der Waals surface area (Å²) in [6.45, 7) is 3.19. The van der Waals surface area contributed by atoms with Crippen LogP contribution in [0.2, 0.25) is 0 Å². The number of esters is 2. The van der Waals surface area contributed by atoms with Gasteiger partial charge in [-0.2, -0.15) is 0 Å². The number of ether oxygens (including phenoxy) is 4. The zero-order chi connectivity index (χ0) is 20.4. The van der Waals surface area contributed by atoms with E-state index in [4.69, 9.17) is 18.9 Å². The summed E-state index contributed by atoms with van der Waals surface area (Å²) >= 11 is 0. The summed E-state index contributed by atoms with van der Waals surface area (Å²) < 4.78 is 20.1. The highest BCUT2D eigenvalue weighted by molar-refractivity contribution is 6.12. The normalized spacial score (nSPS) is 15.6. The summed E-state index contributed by atoms with van der Waals surface area (Å²) in [5, 5.41) is 0. The first kappa shape index (κ1) is 20.3. The van der Waals surface area contributed by atoms with Crippen molar-refractivity contribution in [2.24, 2.45) is 5.41 Å². The van der Waals surface area contributed by atoms with Gasteiger partial charge >= 0.3 is 11.9 Å². The Hall–Kier alpha value is -3.03. The van der Waals surface area contributed by atoms with E-state index in [1.165, 1.54) is 33.3 Å². The van der Waals surface area contributed by atoms with Gasteiger partial charge in [-0.1, -0.05) is 6.07 Å². The molecule has 0 fully saturated rings. The van der Waals surface area contributed by atoms with E-state index in [1.807, 2.05) is 0 Å². The Bertz CT molecular complexity index is 810. The molecule has 0 radical (unpaired) electrons. The zero-order valence-electron chi connectivity index (χ0n) is 16.2. The quantitative estimate of drug-likeness (QED) is 0.697. The molecule has 0 bridgehead atoms. The van der Waals surface area contributed by atoms with Crippen LogP contribution in [0.15, 0.2) is 29.5 Å². The summed E-state index contributed by atoms with van der Waals surface area (Å²) in [6.07, 6.45) is 0. The standard InChI is InChI=1S/C19H23NO7/c1-19(2)14(16(21)26-5)15(17(22)27-6)20(18(19)23)10-11-7-8-12(24-3)13(9-11)25-4/h7-9H,10H2,1-6H3. The molecule has 8 nitrogen and oxygen atoms in total. The van der Waals surface area contributed by atoms with Crippen LogP contribution in [-0.4, -0.2) is 51.2 Å². The molecular weight excluding hydrogens is 354 g/mol. The lowest BCUT2D eigenvalue weighted by atomic mass is 9.85. The lowest BCUT2D eigenvalue weighted by Gasteiger charge is -2.22. The molecule has 146 valence electrons. The first-order valence-electron chi connectivity index (χ1n) is 8.17. The van der Waals surface area contributed by atoms with Crippen LogP contribution in [0.25, 0.3) is 0 Å². The Morgan fingerprint density at radius 1 is 0.963 bits per heavy atom. The van der Waals surface area contributed by atoms with Crippen molar-refractivity contribution in [3.8, 4) is 11.5 Å². The van der Waals surface area contributed by atoms with Gasteiger partial charge in [0.1, 0.15) is 5.70 Å². The number of amides is 1. The van der Waals surface area contributed by atoms with Gasteiger partial charge in [0.05, 0.1) is 46.0 Å². The molecule has 1 aromatic rings. The highest BCUT2D eigenvalue weighted by Gasteiger charge is 2.52. The molecule has 0 atom stereocenters. The van der Waals surface area contributed by atoms with Crippen LogP contribution in [0.3, 0.4) is 0 Å². The van der Waals surface area contributed by atoms with Gasteiger partial charge in [-0.15, -0.1) is 0 Å². The fourth-order valence-corrected chi connectivity index (χ4v) is 3.05. The lowest BCUT2D eigenvalue weighted by Crippen LogP contribution is -2.35. The van der Waals surface area contributed by atoms with Crippen molar-refractivity contribution in [1.82, 2.24) is 4.90 Å². The Morgan fingerprint density at radius 3 is 2.07 bits per heavy atom. The molecular formula is C19H23NO7. The molecule has 1 aliphatic heterocycles.